The smallest absolute Gasteiger partial charge is 0.408 e. The van der Waals surface area contributed by atoms with E-state index < -0.39 is 11.6 Å². The van der Waals surface area contributed by atoms with Crippen LogP contribution in [0.1, 0.15) is 25.1 Å². The Balaban J connectivity index is 1.74. The zero-order chi connectivity index (χ0) is 16.2. The van der Waals surface area contributed by atoms with Gasteiger partial charge in [0.2, 0.25) is 0 Å². The van der Waals surface area contributed by atoms with Crippen LogP contribution in [0.3, 0.4) is 0 Å². The summed E-state index contributed by atoms with van der Waals surface area (Å²) in [6, 6.07) is 1.93. The number of thiophene rings is 1. The predicted octanol–water partition coefficient (Wildman–Crippen LogP) is 2.89. The molecule has 3 aromatic heterocycles. The molecule has 1 aliphatic heterocycles. The van der Waals surface area contributed by atoms with Crippen LogP contribution in [0.25, 0.3) is 10.2 Å². The van der Waals surface area contributed by atoms with Gasteiger partial charge in [0.1, 0.15) is 6.33 Å². The summed E-state index contributed by atoms with van der Waals surface area (Å²) in [5, 5.41) is 21.8. The number of carboxylic acid groups (broad SMARTS) is 1. The highest BCUT2D eigenvalue weighted by molar-refractivity contribution is 7.17. The molecule has 4 rings (SSSR count). The van der Waals surface area contributed by atoms with Crippen LogP contribution in [0.15, 0.2) is 17.8 Å². The molecule has 0 aliphatic carbocycles. The van der Waals surface area contributed by atoms with Crippen LogP contribution in [-0.2, 0) is 12.1 Å². The van der Waals surface area contributed by atoms with Gasteiger partial charge in [-0.1, -0.05) is 0 Å². The highest BCUT2D eigenvalue weighted by Crippen LogP contribution is 2.41. The van der Waals surface area contributed by atoms with Gasteiger partial charge in [-0.05, 0) is 25.3 Å². The number of anilines is 2. The molecule has 0 aromatic carbocycles. The average Bonchev–Trinajstić information content (AvgIpc) is 3.16. The summed E-state index contributed by atoms with van der Waals surface area (Å²) >= 11 is 1.54. The summed E-state index contributed by atoms with van der Waals surface area (Å²) < 4.78 is 0.941. The number of aromatic nitrogens is 4. The molecule has 3 aromatic rings. The van der Waals surface area contributed by atoms with Gasteiger partial charge in [0, 0.05) is 5.56 Å². The molecule has 0 atom stereocenters. The molecule has 0 fully saturated rings. The van der Waals surface area contributed by atoms with Gasteiger partial charge in [0.05, 0.1) is 28.0 Å². The van der Waals surface area contributed by atoms with Gasteiger partial charge in [0.25, 0.3) is 0 Å². The van der Waals surface area contributed by atoms with Crippen molar-refractivity contribution in [3.8, 4) is 0 Å². The van der Waals surface area contributed by atoms with Crippen molar-refractivity contribution in [1.29, 1.82) is 0 Å². The first-order chi connectivity index (χ1) is 11.0. The van der Waals surface area contributed by atoms with E-state index in [1.54, 1.807) is 11.3 Å². The minimum Gasteiger partial charge on any atom is -0.465 e. The zero-order valence-electron chi connectivity index (χ0n) is 12.5. The normalized spacial score (nSPS) is 15.8. The minimum atomic E-state index is -0.951. The number of rotatable bonds is 2. The number of H-pyrrole nitrogens is 1. The first kappa shape index (κ1) is 13.9. The summed E-state index contributed by atoms with van der Waals surface area (Å²) in [7, 11) is 0. The van der Waals surface area contributed by atoms with Gasteiger partial charge in [0.15, 0.2) is 11.6 Å². The first-order valence-corrected chi connectivity index (χ1v) is 7.90. The summed E-state index contributed by atoms with van der Waals surface area (Å²) in [5.74, 6) is 1.27. The Hall–Kier alpha value is -2.68. The van der Waals surface area contributed by atoms with E-state index in [2.05, 4.69) is 25.5 Å². The Labute approximate surface area is 135 Å². The van der Waals surface area contributed by atoms with Crippen LogP contribution in [-0.4, -0.2) is 36.3 Å². The first-order valence-electron chi connectivity index (χ1n) is 7.02. The highest BCUT2D eigenvalue weighted by Gasteiger charge is 2.43. The number of amides is 1. The molecule has 1 aliphatic rings. The second-order valence-electron chi connectivity index (χ2n) is 5.84. The molecule has 8 nitrogen and oxygen atoms in total. The summed E-state index contributed by atoms with van der Waals surface area (Å²) in [6.45, 7) is 4.00. The van der Waals surface area contributed by atoms with E-state index >= 15 is 0 Å². The monoisotopic (exact) mass is 330 g/mol. The van der Waals surface area contributed by atoms with Crippen molar-refractivity contribution in [2.45, 2.75) is 25.9 Å². The molecule has 23 heavy (non-hydrogen) atoms. The molecule has 0 radical (unpaired) electrons. The van der Waals surface area contributed by atoms with Crippen molar-refractivity contribution in [2.75, 3.05) is 5.32 Å². The summed E-state index contributed by atoms with van der Waals surface area (Å²) in [5.41, 5.74) is 1.88. The predicted molar refractivity (Wildman–Crippen MR) is 85.9 cm³/mol. The van der Waals surface area contributed by atoms with Gasteiger partial charge >= 0.3 is 6.09 Å². The highest BCUT2D eigenvalue weighted by atomic mass is 32.1. The van der Waals surface area contributed by atoms with E-state index in [-0.39, 0.29) is 6.54 Å². The van der Waals surface area contributed by atoms with E-state index in [9.17, 15) is 9.90 Å². The van der Waals surface area contributed by atoms with E-state index in [0.29, 0.717) is 11.6 Å². The lowest BCUT2D eigenvalue weighted by atomic mass is 10.0. The Kier molecular flexibility index (Phi) is 2.82. The maximum atomic E-state index is 11.4. The van der Waals surface area contributed by atoms with Crippen molar-refractivity contribution in [2.24, 2.45) is 0 Å². The molecule has 3 N–H and O–H groups in total. The quantitative estimate of drug-likeness (QED) is 0.667. The van der Waals surface area contributed by atoms with Crippen molar-refractivity contribution in [3.05, 3.63) is 29.0 Å². The molecule has 118 valence electrons. The van der Waals surface area contributed by atoms with Gasteiger partial charge in [-0.15, -0.1) is 11.3 Å². The molecule has 0 bridgehead atoms. The molecule has 0 saturated heterocycles. The van der Waals surface area contributed by atoms with Gasteiger partial charge in [-0.25, -0.2) is 14.8 Å². The lowest BCUT2D eigenvalue weighted by Crippen LogP contribution is -2.39. The SMILES string of the molecule is CC1(C)c2[nH]nc(Nc3ncnc4ccsc34)c2CN1C(=O)O. The number of nitrogens with zero attached hydrogens (tertiary/aromatic N) is 4. The standard InChI is InChI=1S/C14H14N6O2S/c1-14(2)10-7(5-20(14)13(21)22)11(19-18-10)17-12-9-8(3-4-23-9)15-6-16-12/h3-4,6H,5H2,1-2H3,(H,21,22)(H2,15,16,17,18,19). The maximum absolute atomic E-state index is 11.4. The van der Waals surface area contributed by atoms with Gasteiger partial charge < -0.3 is 10.4 Å². The topological polar surface area (TPSA) is 107 Å². The van der Waals surface area contributed by atoms with E-state index in [1.165, 1.54) is 11.2 Å². The van der Waals surface area contributed by atoms with Crippen molar-refractivity contribution < 1.29 is 9.90 Å². The minimum absolute atomic E-state index is 0.287. The second-order valence-corrected chi connectivity index (χ2v) is 6.75. The largest absolute Gasteiger partial charge is 0.465 e. The Morgan fingerprint density at radius 3 is 3.04 bits per heavy atom. The molecule has 1 amide bonds. The number of hydrogen-bond donors (Lipinski definition) is 3. The van der Waals surface area contributed by atoms with Gasteiger partial charge in [-0.3, -0.25) is 10.00 Å². The van der Waals surface area contributed by atoms with Crippen molar-refractivity contribution >= 4 is 39.3 Å². The maximum Gasteiger partial charge on any atom is 0.408 e. The second kappa shape index (κ2) is 4.66. The van der Waals surface area contributed by atoms with Crippen LogP contribution in [0, 0.1) is 0 Å². The lowest BCUT2D eigenvalue weighted by molar-refractivity contribution is 0.0978. The van der Waals surface area contributed by atoms with Gasteiger partial charge in [-0.2, -0.15) is 5.10 Å². The third-order valence-corrected chi connectivity index (χ3v) is 5.09. The van der Waals surface area contributed by atoms with Crippen LogP contribution < -0.4 is 5.32 Å². The number of hydrogen-bond acceptors (Lipinski definition) is 6. The molecular formula is C14H14N6O2S. The van der Waals surface area contributed by atoms with Crippen LogP contribution in [0.2, 0.25) is 0 Å². The van der Waals surface area contributed by atoms with Crippen molar-refractivity contribution in [3.63, 3.8) is 0 Å². The average molecular weight is 330 g/mol. The fraction of sp³-hybridized carbons (Fsp3) is 0.286. The number of fused-ring (bicyclic) bond motifs is 2. The molecule has 0 saturated carbocycles. The number of aromatic amines is 1. The van der Waals surface area contributed by atoms with Crippen LogP contribution in [0.5, 0.6) is 0 Å². The number of carbonyl (C=O) groups is 1. The van der Waals surface area contributed by atoms with E-state index in [4.69, 9.17) is 0 Å². The Morgan fingerprint density at radius 2 is 2.26 bits per heavy atom. The summed E-state index contributed by atoms with van der Waals surface area (Å²) in [4.78, 5) is 21.3. The van der Waals surface area contributed by atoms with E-state index in [1.807, 2.05) is 25.3 Å². The lowest BCUT2D eigenvalue weighted by Gasteiger charge is -2.28. The number of nitrogens with one attached hydrogen (secondary N) is 2. The third-order valence-electron chi connectivity index (χ3n) is 4.18. The van der Waals surface area contributed by atoms with Crippen LogP contribution in [0.4, 0.5) is 16.4 Å². The Bertz CT molecular complexity index is 915. The fourth-order valence-electron chi connectivity index (χ4n) is 2.92. The van der Waals surface area contributed by atoms with Crippen molar-refractivity contribution in [1.82, 2.24) is 25.1 Å². The summed E-state index contributed by atoms with van der Waals surface area (Å²) in [6.07, 6.45) is 0.547. The molecule has 0 spiro atoms. The fourth-order valence-corrected chi connectivity index (χ4v) is 3.71. The molecule has 0 unspecified atom stereocenters. The Morgan fingerprint density at radius 1 is 1.43 bits per heavy atom. The van der Waals surface area contributed by atoms with Crippen LogP contribution >= 0.6 is 11.3 Å². The molecular weight excluding hydrogens is 316 g/mol. The van der Waals surface area contributed by atoms with E-state index in [0.717, 1.165) is 21.5 Å². The molecule has 4 heterocycles. The molecule has 9 heteroatoms. The zero-order valence-corrected chi connectivity index (χ0v) is 13.3. The third kappa shape index (κ3) is 1.96.